The Morgan fingerprint density at radius 3 is 2.96 bits per heavy atom. The molecule has 0 unspecified atom stereocenters. The highest BCUT2D eigenvalue weighted by Crippen LogP contribution is 2.30. The monoisotopic (exact) mass is 382 g/mol. The minimum absolute atomic E-state index is 0.194. The number of aromatic nitrogens is 4. The van der Waals surface area contributed by atoms with Crippen molar-refractivity contribution in [3.8, 4) is 11.4 Å². The number of halogens is 1. The SMILES string of the molecule is CCCCOc1ccc(Cl)c(-n2nc(C)c3c(=O)[nH]c4cccnc4c32)c1. The Balaban J connectivity index is 1.97. The van der Waals surface area contributed by atoms with Crippen molar-refractivity contribution in [3.05, 3.63) is 57.6 Å². The van der Waals surface area contributed by atoms with E-state index in [-0.39, 0.29) is 5.56 Å². The van der Waals surface area contributed by atoms with Crippen molar-refractivity contribution < 1.29 is 4.74 Å². The van der Waals surface area contributed by atoms with Gasteiger partial charge in [0.25, 0.3) is 5.56 Å². The number of H-pyrrole nitrogens is 1. The maximum atomic E-state index is 12.6. The van der Waals surface area contributed by atoms with Gasteiger partial charge in [0.1, 0.15) is 16.8 Å². The lowest BCUT2D eigenvalue weighted by Crippen LogP contribution is -2.08. The average molecular weight is 383 g/mol. The molecular formula is C20H19ClN4O2. The van der Waals surface area contributed by atoms with E-state index >= 15 is 0 Å². The number of nitrogens with zero attached hydrogens (tertiary/aromatic N) is 3. The van der Waals surface area contributed by atoms with Gasteiger partial charge < -0.3 is 9.72 Å². The largest absolute Gasteiger partial charge is 0.494 e. The van der Waals surface area contributed by atoms with Gasteiger partial charge in [0.2, 0.25) is 0 Å². The van der Waals surface area contributed by atoms with Gasteiger partial charge in [0, 0.05) is 12.3 Å². The highest BCUT2D eigenvalue weighted by atomic mass is 35.5. The van der Waals surface area contributed by atoms with E-state index in [0.717, 1.165) is 12.8 Å². The van der Waals surface area contributed by atoms with Crippen LogP contribution in [0.4, 0.5) is 0 Å². The topological polar surface area (TPSA) is 72.8 Å². The Hall–Kier alpha value is -2.86. The molecule has 0 radical (unpaired) electrons. The van der Waals surface area contributed by atoms with Crippen molar-refractivity contribution in [2.24, 2.45) is 0 Å². The molecule has 0 fully saturated rings. The van der Waals surface area contributed by atoms with E-state index in [9.17, 15) is 4.79 Å². The molecule has 3 aromatic heterocycles. The minimum Gasteiger partial charge on any atom is -0.494 e. The molecule has 6 nitrogen and oxygen atoms in total. The summed E-state index contributed by atoms with van der Waals surface area (Å²) in [4.78, 5) is 19.9. The van der Waals surface area contributed by atoms with Crippen molar-refractivity contribution in [2.75, 3.05) is 6.61 Å². The van der Waals surface area contributed by atoms with Gasteiger partial charge in [0.05, 0.1) is 33.9 Å². The minimum atomic E-state index is -0.194. The molecule has 7 heteroatoms. The number of pyridine rings is 2. The predicted molar refractivity (Wildman–Crippen MR) is 107 cm³/mol. The maximum absolute atomic E-state index is 12.6. The van der Waals surface area contributed by atoms with E-state index in [4.69, 9.17) is 16.3 Å². The molecule has 0 atom stereocenters. The average Bonchev–Trinajstić information content (AvgIpc) is 3.01. The van der Waals surface area contributed by atoms with Crippen LogP contribution < -0.4 is 10.3 Å². The first-order valence-corrected chi connectivity index (χ1v) is 9.27. The molecule has 0 bridgehead atoms. The molecule has 1 N–H and O–H groups in total. The number of hydrogen-bond acceptors (Lipinski definition) is 4. The first-order chi connectivity index (χ1) is 13.1. The van der Waals surface area contributed by atoms with E-state index in [1.807, 2.05) is 18.2 Å². The standard InChI is InChI=1S/C20H19ClN4O2/c1-3-4-10-27-13-7-8-14(21)16(11-13)25-19-17(12(2)24-25)20(26)23-15-6-5-9-22-18(15)19/h5-9,11H,3-4,10H2,1-2H3,(H,23,26). The summed E-state index contributed by atoms with van der Waals surface area (Å²) < 4.78 is 7.50. The van der Waals surface area contributed by atoms with Crippen LogP contribution in [0.25, 0.3) is 27.6 Å². The molecule has 0 saturated carbocycles. The van der Waals surface area contributed by atoms with Crippen molar-refractivity contribution in [2.45, 2.75) is 26.7 Å². The second-order valence-corrected chi connectivity index (χ2v) is 6.80. The van der Waals surface area contributed by atoms with Crippen LogP contribution in [0.1, 0.15) is 25.5 Å². The quantitative estimate of drug-likeness (QED) is 0.519. The number of ether oxygens (including phenoxy) is 1. The zero-order valence-electron chi connectivity index (χ0n) is 15.1. The third-order valence-electron chi connectivity index (χ3n) is 4.48. The molecule has 1 aromatic carbocycles. The molecule has 3 heterocycles. The molecule has 0 amide bonds. The molecule has 27 heavy (non-hydrogen) atoms. The van der Waals surface area contributed by atoms with Gasteiger partial charge in [-0.3, -0.25) is 9.78 Å². The number of fused-ring (bicyclic) bond motifs is 3. The lowest BCUT2D eigenvalue weighted by molar-refractivity contribution is 0.309. The summed E-state index contributed by atoms with van der Waals surface area (Å²) in [7, 11) is 0. The summed E-state index contributed by atoms with van der Waals surface area (Å²) in [6, 6.07) is 9.07. The van der Waals surface area contributed by atoms with E-state index in [0.29, 0.717) is 50.7 Å². The molecule has 138 valence electrons. The normalized spacial score (nSPS) is 11.4. The summed E-state index contributed by atoms with van der Waals surface area (Å²) in [6.07, 6.45) is 3.73. The fourth-order valence-corrected chi connectivity index (χ4v) is 3.35. The second kappa shape index (κ2) is 7.04. The fourth-order valence-electron chi connectivity index (χ4n) is 3.15. The van der Waals surface area contributed by atoms with Crippen molar-refractivity contribution >= 4 is 33.5 Å². The lowest BCUT2D eigenvalue weighted by Gasteiger charge is -2.11. The zero-order chi connectivity index (χ0) is 19.0. The van der Waals surface area contributed by atoms with Crippen LogP contribution >= 0.6 is 11.6 Å². The Labute approximate surface area is 160 Å². The smallest absolute Gasteiger partial charge is 0.259 e. The number of aryl methyl sites for hydroxylation is 1. The maximum Gasteiger partial charge on any atom is 0.259 e. The molecule has 0 spiro atoms. The Morgan fingerprint density at radius 1 is 1.30 bits per heavy atom. The number of hydrogen-bond donors (Lipinski definition) is 1. The molecular weight excluding hydrogens is 364 g/mol. The second-order valence-electron chi connectivity index (χ2n) is 6.39. The Kier molecular flexibility index (Phi) is 4.58. The summed E-state index contributed by atoms with van der Waals surface area (Å²) in [5, 5.41) is 5.61. The van der Waals surface area contributed by atoms with Crippen LogP contribution in [0.3, 0.4) is 0 Å². The van der Waals surface area contributed by atoms with Crippen LogP contribution in [0.15, 0.2) is 41.3 Å². The number of nitrogens with one attached hydrogen (secondary N) is 1. The van der Waals surface area contributed by atoms with Crippen LogP contribution in [0.5, 0.6) is 5.75 Å². The van der Waals surface area contributed by atoms with E-state index in [2.05, 4.69) is 22.0 Å². The molecule has 0 aliphatic heterocycles. The first-order valence-electron chi connectivity index (χ1n) is 8.89. The van der Waals surface area contributed by atoms with Gasteiger partial charge in [0.15, 0.2) is 0 Å². The van der Waals surface area contributed by atoms with E-state index in [1.165, 1.54) is 0 Å². The fraction of sp³-hybridized carbons (Fsp3) is 0.250. The van der Waals surface area contributed by atoms with Crippen LogP contribution in [0, 0.1) is 6.92 Å². The number of rotatable bonds is 5. The summed E-state index contributed by atoms with van der Waals surface area (Å²) in [5.74, 6) is 0.714. The van der Waals surface area contributed by atoms with Gasteiger partial charge in [-0.05, 0) is 37.6 Å². The van der Waals surface area contributed by atoms with Crippen molar-refractivity contribution in [1.29, 1.82) is 0 Å². The van der Waals surface area contributed by atoms with Gasteiger partial charge in [-0.15, -0.1) is 0 Å². The number of aromatic amines is 1. The third-order valence-corrected chi connectivity index (χ3v) is 4.80. The summed E-state index contributed by atoms with van der Waals surface area (Å²) in [6.45, 7) is 4.56. The van der Waals surface area contributed by atoms with Crippen molar-refractivity contribution in [1.82, 2.24) is 19.7 Å². The van der Waals surface area contributed by atoms with Gasteiger partial charge in [-0.2, -0.15) is 5.10 Å². The van der Waals surface area contributed by atoms with Gasteiger partial charge in [-0.1, -0.05) is 24.9 Å². The molecule has 0 aliphatic carbocycles. The molecule has 4 rings (SSSR count). The highest BCUT2D eigenvalue weighted by Gasteiger charge is 2.18. The van der Waals surface area contributed by atoms with Crippen molar-refractivity contribution in [3.63, 3.8) is 0 Å². The first kappa shape index (κ1) is 17.5. The highest BCUT2D eigenvalue weighted by molar-refractivity contribution is 6.32. The number of benzene rings is 1. The Morgan fingerprint density at radius 2 is 2.15 bits per heavy atom. The Bertz CT molecular complexity index is 1200. The lowest BCUT2D eigenvalue weighted by atomic mass is 10.2. The summed E-state index contributed by atoms with van der Waals surface area (Å²) in [5.41, 5.74) is 3.04. The number of unbranched alkanes of at least 4 members (excludes halogenated alkanes) is 1. The van der Waals surface area contributed by atoms with E-state index < -0.39 is 0 Å². The zero-order valence-corrected chi connectivity index (χ0v) is 15.9. The van der Waals surface area contributed by atoms with Gasteiger partial charge >= 0.3 is 0 Å². The third kappa shape index (κ3) is 3.06. The molecule has 0 saturated heterocycles. The van der Waals surface area contributed by atoms with Crippen LogP contribution in [-0.2, 0) is 0 Å². The molecule has 0 aliphatic rings. The molecule has 4 aromatic rings. The predicted octanol–water partition coefficient (Wildman–Crippen LogP) is 4.40. The van der Waals surface area contributed by atoms with E-state index in [1.54, 1.807) is 29.9 Å². The summed E-state index contributed by atoms with van der Waals surface area (Å²) >= 11 is 6.47. The van der Waals surface area contributed by atoms with Crippen LogP contribution in [-0.4, -0.2) is 26.4 Å². The van der Waals surface area contributed by atoms with Gasteiger partial charge in [-0.25, -0.2) is 4.68 Å². The van der Waals surface area contributed by atoms with Crippen LogP contribution in [0.2, 0.25) is 5.02 Å².